The van der Waals surface area contributed by atoms with Crippen molar-refractivity contribution in [2.24, 2.45) is 10.8 Å². The number of anilines is 2. The van der Waals surface area contributed by atoms with Gasteiger partial charge in [-0.25, -0.2) is 0 Å². The molecule has 1 aliphatic heterocycles. The molecule has 1 heterocycles. The summed E-state index contributed by atoms with van der Waals surface area (Å²) >= 11 is 6.06. The maximum absolute atomic E-state index is 12.9. The van der Waals surface area contributed by atoms with E-state index < -0.39 is 5.84 Å². The molecule has 0 atom stereocenters. The van der Waals surface area contributed by atoms with Gasteiger partial charge in [0.2, 0.25) is 5.71 Å². The number of methoxy groups -OCH3 is 1. The number of hydrazone groups is 1. The van der Waals surface area contributed by atoms with E-state index in [1.165, 1.54) is 7.11 Å². The molecule has 4 N–H and O–H groups in total. The summed E-state index contributed by atoms with van der Waals surface area (Å²) in [5.41, 5.74) is 9.94. The molecule has 1 saturated heterocycles. The highest BCUT2D eigenvalue weighted by atomic mass is 35.5. The van der Waals surface area contributed by atoms with Crippen LogP contribution >= 0.6 is 11.6 Å². The lowest BCUT2D eigenvalue weighted by Gasteiger charge is -2.36. The molecule has 1 aliphatic rings. The summed E-state index contributed by atoms with van der Waals surface area (Å²) in [7, 11) is 1.53. The Labute approximate surface area is 185 Å². The summed E-state index contributed by atoms with van der Waals surface area (Å²) < 4.78 is 5.30. The number of hydrogen-bond acceptors (Lipinski definition) is 7. The van der Waals surface area contributed by atoms with E-state index in [9.17, 15) is 4.79 Å². The normalized spacial score (nSPS) is 14.0. The maximum Gasteiger partial charge on any atom is 0.257 e. The molecular formula is C21H22ClN7O2. The van der Waals surface area contributed by atoms with Gasteiger partial charge in [0.15, 0.2) is 5.84 Å². The number of ether oxygens (including phenoxy) is 1. The molecule has 160 valence electrons. The van der Waals surface area contributed by atoms with Crippen LogP contribution in [0.25, 0.3) is 0 Å². The first-order valence-electron chi connectivity index (χ1n) is 9.49. The zero-order valence-corrected chi connectivity index (χ0v) is 17.7. The molecule has 0 aliphatic carbocycles. The fraction of sp³-hybridized carbons (Fsp3) is 0.238. The second kappa shape index (κ2) is 9.82. The number of nitrogens with one attached hydrogen (secondary N) is 2. The minimum atomic E-state index is -0.394. The molecule has 0 radical (unpaired) electrons. The van der Waals surface area contributed by atoms with Crippen LogP contribution in [0.1, 0.15) is 10.4 Å². The minimum absolute atomic E-state index is 0.102. The number of amides is 1. The molecule has 3 rings (SSSR count). The third kappa shape index (κ3) is 5.24. The average Bonchev–Trinajstić information content (AvgIpc) is 2.79. The summed E-state index contributed by atoms with van der Waals surface area (Å²) in [6, 6.07) is 14.3. The number of carbonyl (C=O) groups is 1. The standard InChI is InChI=1S/C21H22ClN7O2/c1-31-19-7-2-14(22)12-17(19)21(30)29-10-8-28(9-11-29)16-5-3-15(4-6-16)26-27-18(13-23)20(24)25/h2-7,12,26H,8-11H2,1H3,(H3,24,25)/b27-18+. The molecular weight excluding hydrogens is 418 g/mol. The summed E-state index contributed by atoms with van der Waals surface area (Å²) in [4.78, 5) is 16.9. The molecule has 2 aromatic carbocycles. The van der Waals surface area contributed by atoms with Crippen LogP contribution in [0.3, 0.4) is 0 Å². The van der Waals surface area contributed by atoms with Crippen LogP contribution in [-0.4, -0.2) is 55.6 Å². The molecule has 1 amide bonds. The number of rotatable bonds is 6. The van der Waals surface area contributed by atoms with Crippen LogP contribution in [0.2, 0.25) is 5.02 Å². The van der Waals surface area contributed by atoms with Crippen molar-refractivity contribution in [3.05, 3.63) is 53.1 Å². The number of benzene rings is 2. The number of nitriles is 1. The molecule has 10 heteroatoms. The second-order valence-electron chi connectivity index (χ2n) is 6.77. The van der Waals surface area contributed by atoms with Crippen molar-refractivity contribution in [3.8, 4) is 11.8 Å². The number of nitrogens with zero attached hydrogens (tertiary/aromatic N) is 4. The van der Waals surface area contributed by atoms with Gasteiger partial charge in [0.25, 0.3) is 5.91 Å². The number of amidine groups is 1. The molecule has 0 saturated carbocycles. The minimum Gasteiger partial charge on any atom is -0.496 e. The maximum atomic E-state index is 12.9. The Hall–Kier alpha value is -3.77. The van der Waals surface area contributed by atoms with E-state index in [0.717, 1.165) is 5.69 Å². The smallest absolute Gasteiger partial charge is 0.257 e. The van der Waals surface area contributed by atoms with Crippen LogP contribution in [0.15, 0.2) is 47.6 Å². The highest BCUT2D eigenvalue weighted by Crippen LogP contribution is 2.25. The van der Waals surface area contributed by atoms with Crippen molar-refractivity contribution in [1.29, 1.82) is 10.7 Å². The predicted octanol–water partition coefficient (Wildman–Crippen LogP) is 2.54. The summed E-state index contributed by atoms with van der Waals surface area (Å²) in [5, 5.41) is 20.4. The Balaban J connectivity index is 1.61. The van der Waals surface area contributed by atoms with Gasteiger partial charge in [-0.15, -0.1) is 0 Å². The molecule has 0 spiro atoms. The third-order valence-electron chi connectivity index (χ3n) is 4.85. The van der Waals surface area contributed by atoms with Crippen LogP contribution in [0, 0.1) is 16.7 Å². The zero-order chi connectivity index (χ0) is 22.4. The highest BCUT2D eigenvalue weighted by Gasteiger charge is 2.24. The van der Waals surface area contributed by atoms with Gasteiger partial charge in [0.1, 0.15) is 11.8 Å². The molecule has 0 aromatic heterocycles. The average molecular weight is 440 g/mol. The largest absolute Gasteiger partial charge is 0.496 e. The zero-order valence-electron chi connectivity index (χ0n) is 16.9. The van der Waals surface area contributed by atoms with Gasteiger partial charge in [-0.3, -0.25) is 15.6 Å². The van der Waals surface area contributed by atoms with Gasteiger partial charge in [-0.1, -0.05) is 11.6 Å². The highest BCUT2D eigenvalue weighted by molar-refractivity contribution is 6.45. The fourth-order valence-electron chi connectivity index (χ4n) is 3.20. The van der Waals surface area contributed by atoms with E-state index >= 15 is 0 Å². The first-order valence-corrected chi connectivity index (χ1v) is 9.86. The van der Waals surface area contributed by atoms with E-state index in [1.807, 2.05) is 24.3 Å². The lowest BCUT2D eigenvalue weighted by Crippen LogP contribution is -2.48. The first-order chi connectivity index (χ1) is 14.9. The first kappa shape index (κ1) is 21.9. The summed E-state index contributed by atoms with van der Waals surface area (Å²) in [6.45, 7) is 2.51. The van der Waals surface area contributed by atoms with Crippen LogP contribution in [0.4, 0.5) is 11.4 Å². The molecule has 0 bridgehead atoms. The Morgan fingerprint density at radius 1 is 1.23 bits per heavy atom. The third-order valence-corrected chi connectivity index (χ3v) is 5.08. The van der Waals surface area contributed by atoms with Gasteiger partial charge < -0.3 is 20.3 Å². The Morgan fingerprint density at radius 2 is 1.90 bits per heavy atom. The van der Waals surface area contributed by atoms with Crippen molar-refractivity contribution in [2.45, 2.75) is 0 Å². The van der Waals surface area contributed by atoms with E-state index in [1.54, 1.807) is 29.2 Å². The van der Waals surface area contributed by atoms with E-state index in [2.05, 4.69) is 15.4 Å². The van der Waals surface area contributed by atoms with Gasteiger partial charge in [-0.2, -0.15) is 10.4 Å². The molecule has 31 heavy (non-hydrogen) atoms. The molecule has 0 unspecified atom stereocenters. The van der Waals surface area contributed by atoms with Crippen molar-refractivity contribution < 1.29 is 9.53 Å². The van der Waals surface area contributed by atoms with Crippen LogP contribution in [-0.2, 0) is 0 Å². The summed E-state index contributed by atoms with van der Waals surface area (Å²) in [5.74, 6) is 0.0107. The predicted molar refractivity (Wildman–Crippen MR) is 121 cm³/mol. The lowest BCUT2D eigenvalue weighted by atomic mass is 10.1. The second-order valence-corrected chi connectivity index (χ2v) is 7.20. The van der Waals surface area contributed by atoms with Crippen LogP contribution in [0.5, 0.6) is 5.75 Å². The van der Waals surface area contributed by atoms with Crippen molar-refractivity contribution in [3.63, 3.8) is 0 Å². The Kier molecular flexibility index (Phi) is 6.95. The van der Waals surface area contributed by atoms with E-state index in [4.69, 9.17) is 32.7 Å². The van der Waals surface area contributed by atoms with Crippen molar-refractivity contribution in [1.82, 2.24) is 4.90 Å². The fourth-order valence-corrected chi connectivity index (χ4v) is 3.37. The van der Waals surface area contributed by atoms with E-state index in [0.29, 0.717) is 48.2 Å². The number of hydrogen-bond donors (Lipinski definition) is 3. The van der Waals surface area contributed by atoms with Gasteiger partial charge in [0, 0.05) is 36.9 Å². The molecule has 2 aromatic rings. The quantitative estimate of drug-likeness (QED) is 0.360. The number of carbonyl (C=O) groups excluding carboxylic acids is 1. The van der Waals surface area contributed by atoms with Gasteiger partial charge in [0.05, 0.1) is 18.4 Å². The van der Waals surface area contributed by atoms with Gasteiger partial charge in [-0.05, 0) is 42.5 Å². The van der Waals surface area contributed by atoms with Crippen molar-refractivity contribution >= 4 is 40.4 Å². The van der Waals surface area contributed by atoms with E-state index in [-0.39, 0.29) is 11.6 Å². The molecule has 9 nitrogen and oxygen atoms in total. The number of nitrogens with two attached hydrogens (primary N) is 1. The van der Waals surface area contributed by atoms with Gasteiger partial charge >= 0.3 is 0 Å². The number of piperazine rings is 1. The van der Waals surface area contributed by atoms with Crippen LogP contribution < -0.4 is 20.8 Å². The monoisotopic (exact) mass is 439 g/mol. The SMILES string of the molecule is COc1ccc(Cl)cc1C(=O)N1CCN(c2ccc(N/N=C(\C#N)C(=N)N)cc2)CC1. The van der Waals surface area contributed by atoms with Crippen molar-refractivity contribution in [2.75, 3.05) is 43.6 Å². The summed E-state index contributed by atoms with van der Waals surface area (Å²) in [6.07, 6.45) is 0. The Morgan fingerprint density at radius 3 is 2.48 bits per heavy atom. The number of halogens is 1. The lowest BCUT2D eigenvalue weighted by molar-refractivity contribution is 0.0743. The molecule has 1 fully saturated rings. The Bertz CT molecular complexity index is 1040. The topological polar surface area (TPSA) is 131 Å².